The van der Waals surface area contributed by atoms with Crippen LogP contribution in [0.4, 0.5) is 0 Å². The Balaban J connectivity index is 1.67. The minimum Gasteiger partial charge on any atom is -0.361 e. The van der Waals surface area contributed by atoms with Gasteiger partial charge in [0.2, 0.25) is 5.91 Å². The van der Waals surface area contributed by atoms with Gasteiger partial charge in [-0.15, -0.1) is 10.2 Å². The van der Waals surface area contributed by atoms with Crippen LogP contribution >= 0.6 is 0 Å². The topological polar surface area (TPSA) is 77.1 Å². The van der Waals surface area contributed by atoms with Gasteiger partial charge in [-0.25, -0.2) is 0 Å². The molecule has 0 spiro atoms. The number of aryl methyl sites for hydroxylation is 3. The molecule has 7 heteroatoms. The average molecular weight is 289 g/mol. The molecule has 3 rings (SSSR count). The molecule has 0 N–H and O–H groups in total. The first-order valence-electron chi connectivity index (χ1n) is 7.13. The lowest BCUT2D eigenvalue weighted by Crippen LogP contribution is -2.29. The minimum atomic E-state index is 0.0275. The van der Waals surface area contributed by atoms with Crippen molar-refractivity contribution in [3.63, 3.8) is 0 Å². The van der Waals surface area contributed by atoms with Gasteiger partial charge in [-0.2, -0.15) is 0 Å². The van der Waals surface area contributed by atoms with Gasteiger partial charge in [0.05, 0.1) is 18.7 Å². The van der Waals surface area contributed by atoms with Gasteiger partial charge in [0.1, 0.15) is 11.6 Å². The molecule has 2 aromatic rings. The molecule has 0 aromatic carbocycles. The molecule has 0 aliphatic carbocycles. The lowest BCUT2D eigenvalue weighted by atomic mass is 10.1. The van der Waals surface area contributed by atoms with Crippen molar-refractivity contribution in [1.29, 1.82) is 0 Å². The van der Waals surface area contributed by atoms with Crippen molar-refractivity contribution in [3.05, 3.63) is 28.7 Å². The number of hydrogen-bond acceptors (Lipinski definition) is 5. The van der Waals surface area contributed by atoms with Crippen molar-refractivity contribution in [1.82, 2.24) is 24.8 Å². The Morgan fingerprint density at radius 2 is 2.19 bits per heavy atom. The number of nitrogens with zero attached hydrogens (tertiary/aromatic N) is 5. The molecule has 0 radical (unpaired) electrons. The summed E-state index contributed by atoms with van der Waals surface area (Å²) in [5.41, 5.74) is 1.65. The third kappa shape index (κ3) is 2.55. The van der Waals surface area contributed by atoms with Crippen molar-refractivity contribution in [2.45, 2.75) is 46.2 Å². The SMILES string of the molecule is Cc1noc(C)c1CC(=O)N(C)Cc1nnc2n1CCC2. The van der Waals surface area contributed by atoms with Crippen LogP contribution in [0.2, 0.25) is 0 Å². The molecule has 2 aromatic heterocycles. The zero-order chi connectivity index (χ0) is 15.0. The summed E-state index contributed by atoms with van der Waals surface area (Å²) >= 11 is 0. The fraction of sp³-hybridized carbons (Fsp3) is 0.571. The van der Waals surface area contributed by atoms with E-state index >= 15 is 0 Å². The summed E-state index contributed by atoms with van der Waals surface area (Å²) in [5.74, 6) is 2.62. The summed E-state index contributed by atoms with van der Waals surface area (Å²) in [6, 6.07) is 0. The van der Waals surface area contributed by atoms with Crippen LogP contribution in [-0.2, 0) is 30.7 Å². The molecule has 0 saturated heterocycles. The number of hydrogen-bond donors (Lipinski definition) is 0. The molecule has 1 amide bonds. The number of aromatic nitrogens is 4. The highest BCUT2D eigenvalue weighted by Crippen LogP contribution is 2.17. The van der Waals surface area contributed by atoms with Gasteiger partial charge in [-0.05, 0) is 20.3 Å². The van der Waals surface area contributed by atoms with Crippen LogP contribution in [0.15, 0.2) is 4.52 Å². The predicted octanol–water partition coefficient (Wildman–Crippen LogP) is 1.03. The molecule has 3 heterocycles. The lowest BCUT2D eigenvalue weighted by molar-refractivity contribution is -0.129. The van der Waals surface area contributed by atoms with Crippen LogP contribution in [0.5, 0.6) is 0 Å². The van der Waals surface area contributed by atoms with E-state index in [9.17, 15) is 4.79 Å². The second kappa shape index (κ2) is 5.31. The third-order valence-corrected chi connectivity index (χ3v) is 4.00. The summed E-state index contributed by atoms with van der Waals surface area (Å²) in [6.07, 6.45) is 2.39. The van der Waals surface area contributed by atoms with Gasteiger partial charge in [-0.1, -0.05) is 5.16 Å². The standard InChI is InChI=1S/C14H19N5O2/c1-9-11(10(2)21-17-9)7-14(20)18(3)8-13-16-15-12-5-4-6-19(12)13/h4-8H2,1-3H3. The maximum absolute atomic E-state index is 12.3. The Labute approximate surface area is 122 Å². The van der Waals surface area contributed by atoms with Crippen LogP contribution in [0.25, 0.3) is 0 Å². The number of amides is 1. The summed E-state index contributed by atoms with van der Waals surface area (Å²) < 4.78 is 7.21. The number of likely N-dealkylation sites (N-methyl/N-ethyl adjacent to an activating group) is 1. The molecule has 7 nitrogen and oxygen atoms in total. The third-order valence-electron chi connectivity index (χ3n) is 4.00. The molecule has 0 fully saturated rings. The number of carbonyl (C=O) groups is 1. The number of carbonyl (C=O) groups excluding carboxylic acids is 1. The van der Waals surface area contributed by atoms with Gasteiger partial charge in [-0.3, -0.25) is 4.79 Å². The molecular weight excluding hydrogens is 270 g/mol. The van der Waals surface area contributed by atoms with Gasteiger partial charge in [0.15, 0.2) is 5.82 Å². The first-order chi connectivity index (χ1) is 10.1. The Morgan fingerprint density at radius 1 is 1.38 bits per heavy atom. The second-order valence-electron chi connectivity index (χ2n) is 5.52. The molecule has 0 atom stereocenters. The van der Waals surface area contributed by atoms with E-state index in [1.165, 1.54) is 0 Å². The maximum atomic E-state index is 12.3. The zero-order valence-electron chi connectivity index (χ0n) is 12.6. The normalized spacial score (nSPS) is 13.5. The van der Waals surface area contributed by atoms with Crippen LogP contribution in [0, 0.1) is 13.8 Å². The van der Waals surface area contributed by atoms with E-state index in [1.54, 1.807) is 11.9 Å². The quantitative estimate of drug-likeness (QED) is 0.840. The Kier molecular flexibility index (Phi) is 3.48. The van der Waals surface area contributed by atoms with E-state index in [2.05, 4.69) is 19.9 Å². The highest BCUT2D eigenvalue weighted by Gasteiger charge is 2.21. The molecule has 112 valence electrons. The maximum Gasteiger partial charge on any atom is 0.227 e. The van der Waals surface area contributed by atoms with E-state index < -0.39 is 0 Å². The van der Waals surface area contributed by atoms with Crippen molar-refractivity contribution < 1.29 is 9.32 Å². The molecule has 1 aliphatic rings. The van der Waals surface area contributed by atoms with Gasteiger partial charge < -0.3 is 14.0 Å². The smallest absolute Gasteiger partial charge is 0.227 e. The molecule has 1 aliphatic heterocycles. The highest BCUT2D eigenvalue weighted by atomic mass is 16.5. The molecule has 0 unspecified atom stereocenters. The molecular formula is C14H19N5O2. The van der Waals surface area contributed by atoms with Crippen LogP contribution in [0.3, 0.4) is 0 Å². The summed E-state index contributed by atoms with van der Waals surface area (Å²) in [5, 5.41) is 12.2. The Morgan fingerprint density at radius 3 is 2.90 bits per heavy atom. The number of fused-ring (bicyclic) bond motifs is 1. The average Bonchev–Trinajstić information content (AvgIpc) is 3.12. The van der Waals surface area contributed by atoms with E-state index in [0.29, 0.717) is 18.7 Å². The van der Waals surface area contributed by atoms with Gasteiger partial charge in [0.25, 0.3) is 0 Å². The zero-order valence-corrected chi connectivity index (χ0v) is 12.6. The molecule has 0 saturated carbocycles. The van der Waals surface area contributed by atoms with Gasteiger partial charge in [0, 0.05) is 25.6 Å². The van der Waals surface area contributed by atoms with E-state index in [4.69, 9.17) is 4.52 Å². The van der Waals surface area contributed by atoms with Crippen LogP contribution in [-0.4, -0.2) is 37.8 Å². The van der Waals surface area contributed by atoms with E-state index in [1.807, 2.05) is 13.8 Å². The van der Waals surface area contributed by atoms with Crippen LogP contribution in [0.1, 0.15) is 35.1 Å². The van der Waals surface area contributed by atoms with Crippen LogP contribution < -0.4 is 0 Å². The van der Waals surface area contributed by atoms with Crippen molar-refractivity contribution in [2.75, 3.05) is 7.05 Å². The highest BCUT2D eigenvalue weighted by molar-refractivity contribution is 5.78. The van der Waals surface area contributed by atoms with E-state index in [-0.39, 0.29) is 5.91 Å². The fourth-order valence-electron chi connectivity index (χ4n) is 2.67. The summed E-state index contributed by atoms with van der Waals surface area (Å²) in [6.45, 7) is 5.11. The summed E-state index contributed by atoms with van der Waals surface area (Å²) in [4.78, 5) is 14.0. The largest absolute Gasteiger partial charge is 0.361 e. The van der Waals surface area contributed by atoms with Crippen molar-refractivity contribution >= 4 is 5.91 Å². The molecule has 21 heavy (non-hydrogen) atoms. The minimum absolute atomic E-state index is 0.0275. The Bertz CT molecular complexity index is 653. The Hall–Kier alpha value is -2.18. The van der Waals surface area contributed by atoms with Crippen molar-refractivity contribution in [2.24, 2.45) is 0 Å². The first kappa shape index (κ1) is 13.8. The number of rotatable bonds is 4. The first-order valence-corrected chi connectivity index (χ1v) is 7.13. The summed E-state index contributed by atoms with van der Waals surface area (Å²) in [7, 11) is 1.79. The predicted molar refractivity (Wildman–Crippen MR) is 74.5 cm³/mol. The van der Waals surface area contributed by atoms with Crippen molar-refractivity contribution in [3.8, 4) is 0 Å². The van der Waals surface area contributed by atoms with Gasteiger partial charge >= 0.3 is 0 Å². The second-order valence-corrected chi connectivity index (χ2v) is 5.52. The monoisotopic (exact) mass is 289 g/mol. The van der Waals surface area contributed by atoms with E-state index in [0.717, 1.165) is 42.3 Å². The molecule has 0 bridgehead atoms. The fourth-order valence-corrected chi connectivity index (χ4v) is 2.67. The lowest BCUT2D eigenvalue weighted by Gasteiger charge is -2.16.